The Morgan fingerprint density at radius 1 is 1.58 bits per heavy atom. The Balaban J connectivity index is 2.30. The molecule has 1 saturated carbocycles. The lowest BCUT2D eigenvalue weighted by molar-refractivity contribution is -0.200. The van der Waals surface area contributed by atoms with E-state index in [4.69, 9.17) is 5.73 Å². The number of nitrogens with two attached hydrogens (primary N) is 1. The molecule has 0 spiro atoms. The average Bonchev–Trinajstić information content (AvgIpc) is 1.79. The molecule has 1 aliphatic carbocycles. The van der Waals surface area contributed by atoms with Crippen LogP contribution in [0.5, 0.6) is 0 Å². The Kier molecular flexibility index (Phi) is 2.22. The van der Waals surface area contributed by atoms with E-state index in [0.29, 0.717) is 0 Å². The van der Waals surface area contributed by atoms with E-state index in [1.165, 1.54) is 0 Å². The molecule has 0 atom stereocenters. The van der Waals surface area contributed by atoms with Gasteiger partial charge in [0.1, 0.15) is 0 Å². The minimum absolute atomic E-state index is 0.00206. The smallest absolute Gasteiger partial charge is 0.253 e. The third-order valence-corrected chi connectivity index (χ3v) is 1.91. The zero-order chi connectivity index (χ0) is 9.41. The summed E-state index contributed by atoms with van der Waals surface area (Å²) < 4.78 is 24.6. The molecule has 6 heteroatoms. The maximum Gasteiger partial charge on any atom is 0.253 e. The van der Waals surface area contributed by atoms with Crippen LogP contribution in [0.25, 0.3) is 0 Å². The van der Waals surface area contributed by atoms with Crippen molar-refractivity contribution in [3.05, 3.63) is 0 Å². The van der Waals surface area contributed by atoms with Crippen LogP contribution >= 0.6 is 12.2 Å². The topological polar surface area (TPSA) is 58.3 Å². The maximum absolute atomic E-state index is 12.3. The van der Waals surface area contributed by atoms with E-state index in [-0.39, 0.29) is 11.7 Å². The summed E-state index contributed by atoms with van der Waals surface area (Å²) in [5, 5.41) is 11.8. The molecule has 0 aromatic heterocycles. The first kappa shape index (κ1) is 9.60. The minimum Gasteiger partial charge on any atom is -0.388 e. The van der Waals surface area contributed by atoms with Crippen LogP contribution in [-0.4, -0.2) is 28.3 Å². The molecule has 0 heterocycles. The van der Waals surface area contributed by atoms with Crippen LogP contribution in [0.2, 0.25) is 0 Å². The Labute approximate surface area is 73.9 Å². The highest BCUT2D eigenvalue weighted by molar-refractivity contribution is 7.80. The molecule has 1 rings (SSSR count). The fraction of sp³-hybridized carbons (Fsp3) is 0.833. The van der Waals surface area contributed by atoms with Gasteiger partial charge < -0.3 is 16.2 Å². The number of nitrogens with one attached hydrogen (secondary N) is 1. The first-order valence-corrected chi connectivity index (χ1v) is 3.87. The average molecular weight is 196 g/mol. The molecule has 1 aliphatic rings. The van der Waals surface area contributed by atoms with Crippen molar-refractivity contribution in [2.24, 2.45) is 5.73 Å². The maximum atomic E-state index is 12.3. The van der Waals surface area contributed by atoms with Crippen molar-refractivity contribution in [1.82, 2.24) is 5.32 Å². The first-order valence-electron chi connectivity index (χ1n) is 3.47. The van der Waals surface area contributed by atoms with Gasteiger partial charge in [0, 0.05) is 19.4 Å². The Morgan fingerprint density at radius 3 is 2.42 bits per heavy atom. The SMILES string of the molecule is NC(=S)NCC1(O)CC(F)(F)C1. The molecule has 1 fully saturated rings. The van der Waals surface area contributed by atoms with Crippen molar-refractivity contribution in [2.45, 2.75) is 24.4 Å². The van der Waals surface area contributed by atoms with Gasteiger partial charge in [0.25, 0.3) is 5.92 Å². The van der Waals surface area contributed by atoms with Gasteiger partial charge in [-0.1, -0.05) is 0 Å². The number of thiocarbonyl (C=S) groups is 1. The van der Waals surface area contributed by atoms with Gasteiger partial charge >= 0.3 is 0 Å². The summed E-state index contributed by atoms with van der Waals surface area (Å²) in [6.07, 6.45) is -1.04. The monoisotopic (exact) mass is 196 g/mol. The molecule has 4 N–H and O–H groups in total. The van der Waals surface area contributed by atoms with E-state index in [1.807, 2.05) is 0 Å². The van der Waals surface area contributed by atoms with Crippen LogP contribution < -0.4 is 11.1 Å². The lowest BCUT2D eigenvalue weighted by Crippen LogP contribution is -2.58. The van der Waals surface area contributed by atoms with Gasteiger partial charge in [-0.15, -0.1) is 0 Å². The molecule has 70 valence electrons. The van der Waals surface area contributed by atoms with E-state index in [2.05, 4.69) is 17.5 Å². The summed E-state index contributed by atoms with van der Waals surface area (Å²) in [7, 11) is 0. The lowest BCUT2D eigenvalue weighted by atomic mass is 9.76. The van der Waals surface area contributed by atoms with Crippen LogP contribution in [0.1, 0.15) is 12.8 Å². The van der Waals surface area contributed by atoms with Crippen LogP contribution in [0, 0.1) is 0 Å². The number of alkyl halides is 2. The second-order valence-corrected chi connectivity index (χ2v) is 3.59. The Bertz CT molecular complexity index is 202. The fourth-order valence-corrected chi connectivity index (χ4v) is 1.36. The number of halogens is 2. The standard InChI is InChI=1S/C6H10F2N2OS/c7-6(8)1-5(11,2-6)3-10-4(9)12/h11H,1-3H2,(H3,9,10,12). The van der Waals surface area contributed by atoms with Gasteiger partial charge in [0.2, 0.25) is 0 Å². The van der Waals surface area contributed by atoms with Crippen molar-refractivity contribution in [2.75, 3.05) is 6.54 Å². The van der Waals surface area contributed by atoms with Gasteiger partial charge in [-0.3, -0.25) is 0 Å². The number of hydrogen-bond donors (Lipinski definition) is 3. The normalized spacial score (nSPS) is 24.2. The van der Waals surface area contributed by atoms with Crippen molar-refractivity contribution >= 4 is 17.3 Å². The summed E-state index contributed by atoms with van der Waals surface area (Å²) in [5.41, 5.74) is 3.73. The predicted octanol–water partition coefficient (Wildman–Crippen LogP) is -0.0202. The molecule has 0 unspecified atom stereocenters. The first-order chi connectivity index (χ1) is 5.33. The van der Waals surface area contributed by atoms with Crippen LogP contribution in [0.15, 0.2) is 0 Å². The molecular weight excluding hydrogens is 186 g/mol. The highest BCUT2D eigenvalue weighted by Crippen LogP contribution is 2.44. The van der Waals surface area contributed by atoms with Crippen LogP contribution in [0.4, 0.5) is 8.78 Å². The highest BCUT2D eigenvalue weighted by atomic mass is 32.1. The molecular formula is C6H10F2N2OS. The minimum atomic E-state index is -2.73. The van der Waals surface area contributed by atoms with Crippen molar-refractivity contribution in [3.63, 3.8) is 0 Å². The molecule has 0 aromatic rings. The number of rotatable bonds is 2. The van der Waals surface area contributed by atoms with E-state index >= 15 is 0 Å². The molecule has 0 aromatic carbocycles. The van der Waals surface area contributed by atoms with Crippen molar-refractivity contribution in [1.29, 1.82) is 0 Å². The lowest BCUT2D eigenvalue weighted by Gasteiger charge is -2.43. The molecule has 0 amide bonds. The van der Waals surface area contributed by atoms with Gasteiger partial charge in [0.15, 0.2) is 5.11 Å². The summed E-state index contributed by atoms with van der Waals surface area (Å²) in [5.74, 6) is -2.73. The van der Waals surface area contributed by atoms with E-state index in [9.17, 15) is 13.9 Å². The van der Waals surface area contributed by atoms with Crippen molar-refractivity contribution < 1.29 is 13.9 Å². The van der Waals surface area contributed by atoms with E-state index in [1.54, 1.807) is 0 Å². The predicted molar refractivity (Wildman–Crippen MR) is 43.9 cm³/mol. The quantitative estimate of drug-likeness (QED) is 0.543. The summed E-state index contributed by atoms with van der Waals surface area (Å²) >= 11 is 4.46. The molecule has 0 bridgehead atoms. The van der Waals surface area contributed by atoms with Gasteiger partial charge in [0.05, 0.1) is 5.60 Å². The summed E-state index contributed by atoms with van der Waals surface area (Å²) in [6.45, 7) is -0.00206. The third-order valence-electron chi connectivity index (χ3n) is 1.77. The highest BCUT2D eigenvalue weighted by Gasteiger charge is 2.55. The molecule has 0 aliphatic heterocycles. The fourth-order valence-electron chi connectivity index (χ4n) is 1.29. The van der Waals surface area contributed by atoms with E-state index < -0.39 is 24.4 Å². The molecule has 3 nitrogen and oxygen atoms in total. The second kappa shape index (κ2) is 2.77. The van der Waals surface area contributed by atoms with Crippen LogP contribution in [0.3, 0.4) is 0 Å². The van der Waals surface area contributed by atoms with Gasteiger partial charge in [-0.2, -0.15) is 0 Å². The Hall–Kier alpha value is -0.490. The molecule has 0 radical (unpaired) electrons. The van der Waals surface area contributed by atoms with Crippen LogP contribution in [-0.2, 0) is 0 Å². The second-order valence-electron chi connectivity index (χ2n) is 3.15. The zero-order valence-electron chi connectivity index (χ0n) is 6.31. The summed E-state index contributed by atoms with van der Waals surface area (Å²) in [4.78, 5) is 0. The van der Waals surface area contributed by atoms with E-state index in [0.717, 1.165) is 0 Å². The number of hydrogen-bond acceptors (Lipinski definition) is 2. The number of aliphatic hydroxyl groups is 1. The van der Waals surface area contributed by atoms with Crippen molar-refractivity contribution in [3.8, 4) is 0 Å². The van der Waals surface area contributed by atoms with Gasteiger partial charge in [-0.25, -0.2) is 8.78 Å². The molecule has 12 heavy (non-hydrogen) atoms. The molecule has 0 saturated heterocycles. The zero-order valence-corrected chi connectivity index (χ0v) is 7.13. The van der Waals surface area contributed by atoms with Gasteiger partial charge in [-0.05, 0) is 12.2 Å². The largest absolute Gasteiger partial charge is 0.388 e. The summed E-state index contributed by atoms with van der Waals surface area (Å²) in [6, 6.07) is 0. The third kappa shape index (κ3) is 2.25. The Morgan fingerprint density at radius 2 is 2.08 bits per heavy atom.